The highest BCUT2D eigenvalue weighted by Gasteiger charge is 2.32. The summed E-state index contributed by atoms with van der Waals surface area (Å²) in [6.45, 7) is 0.960. The van der Waals surface area contributed by atoms with E-state index in [4.69, 9.17) is 0 Å². The Kier molecular flexibility index (Phi) is 7.31. The van der Waals surface area contributed by atoms with E-state index in [1.807, 2.05) is 91.1 Å². The molecule has 3 nitrogen and oxygen atoms in total. The Labute approximate surface area is 219 Å². The molecule has 1 amide bonds. The molecular weight excluding hydrogens is 485 g/mol. The lowest BCUT2D eigenvalue weighted by Gasteiger charge is -2.19. The molecule has 0 unspecified atom stereocenters. The van der Waals surface area contributed by atoms with Crippen LogP contribution >= 0.6 is 0 Å². The van der Waals surface area contributed by atoms with E-state index in [9.17, 15) is 18.0 Å². The van der Waals surface area contributed by atoms with E-state index < -0.39 is 17.7 Å². The number of alkyl halides is 3. The molecule has 38 heavy (non-hydrogen) atoms. The summed E-state index contributed by atoms with van der Waals surface area (Å²) in [5, 5.41) is 3.86. The largest absolute Gasteiger partial charge is 0.416 e. The zero-order chi connectivity index (χ0) is 26.5. The first-order chi connectivity index (χ1) is 18.4. The maximum absolute atomic E-state index is 13.6. The third-order valence-corrected chi connectivity index (χ3v) is 6.73. The third kappa shape index (κ3) is 5.80. The monoisotopic (exact) mass is 512 g/mol. The fourth-order valence-corrected chi connectivity index (χ4v) is 4.86. The zero-order valence-corrected chi connectivity index (χ0v) is 20.7. The van der Waals surface area contributed by atoms with E-state index in [2.05, 4.69) is 9.88 Å². The Morgan fingerprint density at radius 3 is 2.16 bits per heavy atom. The number of para-hydroxylation sites is 1. The molecule has 192 valence electrons. The molecule has 5 aromatic rings. The quantitative estimate of drug-likeness (QED) is 0.229. The van der Waals surface area contributed by atoms with Gasteiger partial charge in [-0.25, -0.2) is 0 Å². The number of fused-ring (bicyclic) bond motifs is 1. The lowest BCUT2D eigenvalue weighted by Crippen LogP contribution is -2.25. The average molecular weight is 513 g/mol. The molecule has 0 fully saturated rings. The van der Waals surface area contributed by atoms with Crippen molar-refractivity contribution in [3.8, 4) is 0 Å². The first-order valence-corrected chi connectivity index (χ1v) is 12.5. The SMILES string of the molecule is O=C(C[C@H](c1cccc(C(F)(F)F)c1)c1cn(Cc2ccccc2)c2ccccc12)NCc1ccccc1. The van der Waals surface area contributed by atoms with Gasteiger partial charge >= 0.3 is 6.18 Å². The first kappa shape index (κ1) is 25.3. The molecule has 0 aliphatic carbocycles. The molecule has 5 rings (SSSR count). The van der Waals surface area contributed by atoms with Crippen molar-refractivity contribution in [3.05, 3.63) is 143 Å². The van der Waals surface area contributed by atoms with Crippen molar-refractivity contribution in [2.24, 2.45) is 0 Å². The van der Waals surface area contributed by atoms with Crippen molar-refractivity contribution in [1.82, 2.24) is 9.88 Å². The summed E-state index contributed by atoms with van der Waals surface area (Å²) >= 11 is 0. The maximum Gasteiger partial charge on any atom is 0.416 e. The number of hydrogen-bond donors (Lipinski definition) is 1. The number of carbonyl (C=O) groups excluding carboxylic acids is 1. The first-order valence-electron chi connectivity index (χ1n) is 12.5. The molecule has 0 radical (unpaired) electrons. The van der Waals surface area contributed by atoms with Gasteiger partial charge in [-0.1, -0.05) is 97.1 Å². The number of nitrogens with one attached hydrogen (secondary N) is 1. The second-order valence-corrected chi connectivity index (χ2v) is 9.36. The Balaban J connectivity index is 1.54. The van der Waals surface area contributed by atoms with Gasteiger partial charge in [0, 0.05) is 42.5 Å². The van der Waals surface area contributed by atoms with Gasteiger partial charge in [0.05, 0.1) is 5.56 Å². The predicted molar refractivity (Wildman–Crippen MR) is 144 cm³/mol. The van der Waals surface area contributed by atoms with Gasteiger partial charge in [0.15, 0.2) is 0 Å². The summed E-state index contributed by atoms with van der Waals surface area (Å²) in [6, 6.07) is 32.7. The average Bonchev–Trinajstić information content (AvgIpc) is 3.29. The van der Waals surface area contributed by atoms with Crippen LogP contribution in [0.15, 0.2) is 115 Å². The lowest BCUT2D eigenvalue weighted by atomic mass is 9.87. The van der Waals surface area contributed by atoms with Crippen LogP contribution in [0.4, 0.5) is 13.2 Å². The Morgan fingerprint density at radius 1 is 0.789 bits per heavy atom. The van der Waals surface area contributed by atoms with Crippen LogP contribution in [0.3, 0.4) is 0 Å². The minimum Gasteiger partial charge on any atom is -0.352 e. The number of carbonyl (C=O) groups is 1. The maximum atomic E-state index is 13.6. The van der Waals surface area contributed by atoms with Crippen molar-refractivity contribution in [2.45, 2.75) is 31.6 Å². The smallest absolute Gasteiger partial charge is 0.352 e. The van der Waals surface area contributed by atoms with Crippen molar-refractivity contribution in [1.29, 1.82) is 0 Å². The second-order valence-electron chi connectivity index (χ2n) is 9.36. The van der Waals surface area contributed by atoms with E-state index in [0.29, 0.717) is 18.7 Å². The number of benzene rings is 4. The summed E-state index contributed by atoms with van der Waals surface area (Å²) in [6.07, 6.45) is -2.47. The molecule has 0 saturated carbocycles. The molecule has 1 aromatic heterocycles. The number of amides is 1. The van der Waals surface area contributed by atoms with Gasteiger partial charge in [0.2, 0.25) is 5.91 Å². The molecule has 0 aliphatic rings. The van der Waals surface area contributed by atoms with Crippen LogP contribution in [0, 0.1) is 0 Å². The fraction of sp³-hybridized carbons (Fsp3) is 0.156. The molecule has 0 aliphatic heterocycles. The minimum atomic E-state index is -4.47. The summed E-state index contributed by atoms with van der Waals surface area (Å²) in [5.74, 6) is -0.786. The number of nitrogens with zero attached hydrogens (tertiary/aromatic N) is 1. The molecule has 0 spiro atoms. The van der Waals surface area contributed by atoms with E-state index in [1.54, 1.807) is 6.07 Å². The van der Waals surface area contributed by atoms with Gasteiger partial charge in [-0.2, -0.15) is 13.2 Å². The van der Waals surface area contributed by atoms with Crippen LogP contribution in [0.25, 0.3) is 10.9 Å². The second kappa shape index (κ2) is 11.0. The van der Waals surface area contributed by atoms with Gasteiger partial charge < -0.3 is 9.88 Å². The van der Waals surface area contributed by atoms with Crippen LogP contribution in [-0.2, 0) is 24.1 Å². The standard InChI is InChI=1S/C32H27F3N2O/c33-32(34,35)26-15-9-14-25(18-26)28(19-31(38)36-20-23-10-3-1-4-11-23)29-22-37(21-24-12-5-2-6-13-24)30-17-8-7-16-27(29)30/h1-18,22,28H,19-21H2,(H,36,38)/t28-/m1/s1. The highest BCUT2D eigenvalue weighted by Crippen LogP contribution is 2.38. The third-order valence-electron chi connectivity index (χ3n) is 6.73. The van der Waals surface area contributed by atoms with Gasteiger partial charge in [-0.3, -0.25) is 4.79 Å². The Morgan fingerprint density at radius 2 is 1.45 bits per heavy atom. The van der Waals surface area contributed by atoms with Gasteiger partial charge in [-0.15, -0.1) is 0 Å². The fourth-order valence-electron chi connectivity index (χ4n) is 4.86. The van der Waals surface area contributed by atoms with Crippen LogP contribution in [0.1, 0.15) is 40.2 Å². The summed E-state index contributed by atoms with van der Waals surface area (Å²) in [7, 11) is 0. The normalized spacial score (nSPS) is 12.4. The van der Waals surface area contributed by atoms with Crippen molar-refractivity contribution in [3.63, 3.8) is 0 Å². The van der Waals surface area contributed by atoms with Crippen LogP contribution < -0.4 is 5.32 Å². The van der Waals surface area contributed by atoms with Crippen molar-refractivity contribution in [2.75, 3.05) is 0 Å². The van der Waals surface area contributed by atoms with Crippen LogP contribution in [0.5, 0.6) is 0 Å². The molecule has 1 atom stereocenters. The number of rotatable bonds is 8. The topological polar surface area (TPSA) is 34.0 Å². The molecule has 4 aromatic carbocycles. The minimum absolute atomic E-state index is 0.0213. The molecular formula is C32H27F3N2O. The van der Waals surface area contributed by atoms with E-state index in [-0.39, 0.29) is 12.3 Å². The van der Waals surface area contributed by atoms with Gasteiger partial charge in [-0.05, 0) is 34.4 Å². The van der Waals surface area contributed by atoms with E-state index in [0.717, 1.165) is 33.7 Å². The number of hydrogen-bond acceptors (Lipinski definition) is 1. The summed E-state index contributed by atoms with van der Waals surface area (Å²) in [5.41, 5.74) is 3.58. The summed E-state index contributed by atoms with van der Waals surface area (Å²) in [4.78, 5) is 13.1. The van der Waals surface area contributed by atoms with Crippen molar-refractivity contribution >= 4 is 16.8 Å². The summed E-state index contributed by atoms with van der Waals surface area (Å²) < 4.78 is 43.0. The van der Waals surface area contributed by atoms with Crippen LogP contribution in [-0.4, -0.2) is 10.5 Å². The molecule has 1 N–H and O–H groups in total. The highest BCUT2D eigenvalue weighted by atomic mass is 19.4. The van der Waals surface area contributed by atoms with Gasteiger partial charge in [0.1, 0.15) is 0 Å². The van der Waals surface area contributed by atoms with Crippen LogP contribution in [0.2, 0.25) is 0 Å². The predicted octanol–water partition coefficient (Wildman–Crippen LogP) is 7.55. The highest BCUT2D eigenvalue weighted by molar-refractivity contribution is 5.87. The van der Waals surface area contributed by atoms with E-state index >= 15 is 0 Å². The molecule has 0 saturated heterocycles. The van der Waals surface area contributed by atoms with Crippen molar-refractivity contribution < 1.29 is 18.0 Å². The lowest BCUT2D eigenvalue weighted by molar-refractivity contribution is -0.137. The van der Waals surface area contributed by atoms with E-state index in [1.165, 1.54) is 12.1 Å². The number of aromatic nitrogens is 1. The Hall–Kier alpha value is -4.32. The zero-order valence-electron chi connectivity index (χ0n) is 20.7. The molecule has 1 heterocycles. The number of halogens is 3. The molecule has 6 heteroatoms. The Bertz CT molecular complexity index is 1530. The van der Waals surface area contributed by atoms with Gasteiger partial charge in [0.25, 0.3) is 0 Å². The molecule has 0 bridgehead atoms.